The number of urea groups is 1. The number of amides is 4. The summed E-state index contributed by atoms with van der Waals surface area (Å²) in [4.78, 5) is 51.4. The lowest BCUT2D eigenvalue weighted by molar-refractivity contribution is -0.122. The highest BCUT2D eigenvalue weighted by atomic mass is 79.9. The largest absolute Gasteiger partial charge is 0.493 e. The molecule has 176 valence electrons. The number of carbonyl (C=O) groups is 4. The van der Waals surface area contributed by atoms with Crippen molar-refractivity contribution in [3.63, 3.8) is 0 Å². The average molecular weight is 535 g/mol. The van der Waals surface area contributed by atoms with E-state index in [1.807, 2.05) is 0 Å². The number of hydrogen-bond donors (Lipinski definition) is 1. The van der Waals surface area contributed by atoms with Gasteiger partial charge in [-0.05, 0) is 66.6 Å². The zero-order chi connectivity index (χ0) is 25.1. The van der Waals surface area contributed by atoms with Crippen molar-refractivity contribution in [3.05, 3.63) is 93.5 Å². The van der Waals surface area contributed by atoms with Gasteiger partial charge in [-0.3, -0.25) is 14.9 Å². The number of ether oxygens (including phenoxy) is 2. The van der Waals surface area contributed by atoms with E-state index >= 15 is 0 Å². The quantitative estimate of drug-likeness (QED) is 0.221. The van der Waals surface area contributed by atoms with Crippen LogP contribution in [0.3, 0.4) is 0 Å². The molecule has 0 aromatic heterocycles. The summed E-state index contributed by atoms with van der Waals surface area (Å²) in [5.74, 6) is -1.75. The van der Waals surface area contributed by atoms with Crippen LogP contribution in [0.1, 0.15) is 21.5 Å². The van der Waals surface area contributed by atoms with E-state index in [1.54, 1.807) is 61.5 Å². The summed E-state index contributed by atoms with van der Waals surface area (Å²) < 4.78 is 11.6. The fraction of sp³-hybridized carbons (Fsp3) is 0.0769. The monoisotopic (exact) mass is 534 g/mol. The highest BCUT2D eigenvalue weighted by molar-refractivity contribution is 9.10. The Balaban J connectivity index is 1.63. The van der Waals surface area contributed by atoms with Crippen molar-refractivity contribution in [3.8, 4) is 11.5 Å². The van der Waals surface area contributed by atoms with E-state index in [0.29, 0.717) is 22.4 Å². The summed E-state index contributed by atoms with van der Waals surface area (Å²) in [6.07, 6.45) is 1.35. The van der Waals surface area contributed by atoms with Gasteiger partial charge in [0, 0.05) is 4.47 Å². The molecule has 0 bridgehead atoms. The van der Waals surface area contributed by atoms with E-state index in [1.165, 1.54) is 25.3 Å². The van der Waals surface area contributed by atoms with Gasteiger partial charge in [-0.15, -0.1) is 0 Å². The second-order valence-corrected chi connectivity index (χ2v) is 8.47. The number of nitrogens with one attached hydrogen (secondary N) is 1. The number of methoxy groups -OCH3 is 1. The number of halogens is 1. The Labute approximate surface area is 209 Å². The first-order valence-corrected chi connectivity index (χ1v) is 11.2. The van der Waals surface area contributed by atoms with Gasteiger partial charge < -0.3 is 9.47 Å². The predicted molar refractivity (Wildman–Crippen MR) is 132 cm³/mol. The zero-order valence-corrected chi connectivity index (χ0v) is 20.3. The van der Waals surface area contributed by atoms with E-state index in [4.69, 9.17) is 9.47 Å². The van der Waals surface area contributed by atoms with Crippen LogP contribution >= 0.6 is 15.9 Å². The molecule has 0 spiro atoms. The number of barbiturate groups is 1. The van der Waals surface area contributed by atoms with Gasteiger partial charge in [0.15, 0.2) is 11.5 Å². The van der Waals surface area contributed by atoms with Crippen molar-refractivity contribution in [2.45, 2.75) is 6.92 Å². The number of carbonyl (C=O) groups excluding carboxylic acids is 4. The van der Waals surface area contributed by atoms with E-state index in [-0.39, 0.29) is 17.1 Å². The van der Waals surface area contributed by atoms with Gasteiger partial charge >= 0.3 is 12.0 Å². The molecule has 0 aliphatic carbocycles. The van der Waals surface area contributed by atoms with Crippen molar-refractivity contribution < 1.29 is 28.7 Å². The van der Waals surface area contributed by atoms with E-state index in [2.05, 4.69) is 21.2 Å². The summed E-state index contributed by atoms with van der Waals surface area (Å²) in [5, 5.41) is 2.20. The minimum atomic E-state index is -0.820. The molecule has 4 amide bonds. The van der Waals surface area contributed by atoms with Crippen molar-refractivity contribution in [2.24, 2.45) is 0 Å². The lowest BCUT2D eigenvalue weighted by Crippen LogP contribution is -2.54. The van der Waals surface area contributed by atoms with Gasteiger partial charge in [-0.2, -0.15) is 0 Å². The summed E-state index contributed by atoms with van der Waals surface area (Å²) >= 11 is 3.31. The molecule has 1 aliphatic rings. The van der Waals surface area contributed by atoms with E-state index in [9.17, 15) is 19.2 Å². The topological polar surface area (TPSA) is 102 Å². The Hall–Kier alpha value is -4.24. The molecule has 1 aliphatic heterocycles. The molecule has 3 aromatic rings. The maximum absolute atomic E-state index is 13.1. The Morgan fingerprint density at radius 3 is 2.37 bits per heavy atom. The fourth-order valence-corrected chi connectivity index (χ4v) is 3.72. The third-order valence-corrected chi connectivity index (χ3v) is 5.77. The van der Waals surface area contributed by atoms with Gasteiger partial charge in [0.05, 0.1) is 18.4 Å². The first kappa shape index (κ1) is 23.9. The standard InChI is InChI=1S/C26H19BrN2O6/c1-15-5-3-4-6-20(15)29-24(31)19(23(30)28-26(29)33)13-16-7-12-21(22(14-16)34-2)35-25(32)17-8-10-18(27)11-9-17/h3-14H,1-2H3,(H,28,30,33)/b19-13+. The molecule has 0 atom stereocenters. The lowest BCUT2D eigenvalue weighted by atomic mass is 10.1. The van der Waals surface area contributed by atoms with Crippen molar-refractivity contribution in [1.29, 1.82) is 0 Å². The van der Waals surface area contributed by atoms with E-state index in [0.717, 1.165) is 9.37 Å². The Morgan fingerprint density at radius 1 is 0.971 bits per heavy atom. The number of imide groups is 2. The predicted octanol–water partition coefficient (Wildman–Crippen LogP) is 4.65. The normalized spacial score (nSPS) is 14.7. The minimum Gasteiger partial charge on any atom is -0.493 e. The number of aryl methyl sites for hydroxylation is 1. The smallest absolute Gasteiger partial charge is 0.343 e. The van der Waals surface area contributed by atoms with Crippen molar-refractivity contribution >= 4 is 51.5 Å². The first-order valence-electron chi connectivity index (χ1n) is 10.4. The van der Waals surface area contributed by atoms with Gasteiger partial charge in [0.2, 0.25) is 0 Å². The maximum Gasteiger partial charge on any atom is 0.343 e. The Morgan fingerprint density at radius 2 is 1.69 bits per heavy atom. The molecule has 0 saturated carbocycles. The zero-order valence-electron chi connectivity index (χ0n) is 18.7. The summed E-state index contributed by atoms with van der Waals surface area (Å²) in [7, 11) is 1.40. The van der Waals surface area contributed by atoms with Crippen LogP contribution in [0.4, 0.5) is 10.5 Å². The van der Waals surface area contributed by atoms with Gasteiger partial charge in [-0.1, -0.05) is 40.2 Å². The fourth-order valence-electron chi connectivity index (χ4n) is 3.46. The molecule has 35 heavy (non-hydrogen) atoms. The van der Waals surface area contributed by atoms with Crippen LogP contribution in [0.25, 0.3) is 6.08 Å². The van der Waals surface area contributed by atoms with Crippen LogP contribution < -0.4 is 19.7 Å². The molecule has 4 rings (SSSR count). The molecule has 0 unspecified atom stereocenters. The van der Waals surface area contributed by atoms with Gasteiger partial charge in [0.25, 0.3) is 11.8 Å². The van der Waals surface area contributed by atoms with Crippen LogP contribution in [-0.2, 0) is 9.59 Å². The number of rotatable bonds is 5. The van der Waals surface area contributed by atoms with Crippen LogP contribution in [-0.4, -0.2) is 30.9 Å². The highest BCUT2D eigenvalue weighted by Crippen LogP contribution is 2.31. The summed E-state index contributed by atoms with van der Waals surface area (Å²) in [6.45, 7) is 1.76. The average Bonchev–Trinajstić information content (AvgIpc) is 2.84. The number of anilines is 1. The molecular formula is C26H19BrN2O6. The Bertz CT molecular complexity index is 1380. The van der Waals surface area contributed by atoms with Crippen molar-refractivity contribution in [2.75, 3.05) is 12.0 Å². The minimum absolute atomic E-state index is 0.165. The number of nitrogens with zero attached hydrogens (tertiary/aromatic N) is 1. The third kappa shape index (κ3) is 4.99. The van der Waals surface area contributed by atoms with E-state index < -0.39 is 23.8 Å². The first-order chi connectivity index (χ1) is 16.8. The number of hydrogen-bond acceptors (Lipinski definition) is 6. The van der Waals surface area contributed by atoms with Crippen LogP contribution in [0.15, 0.2) is 76.8 Å². The SMILES string of the molecule is COc1cc(/C=C2\C(=O)NC(=O)N(c3ccccc3C)C2=O)ccc1OC(=O)c1ccc(Br)cc1. The second kappa shape index (κ2) is 9.94. The number of para-hydroxylation sites is 1. The molecule has 1 fully saturated rings. The molecule has 1 heterocycles. The third-order valence-electron chi connectivity index (χ3n) is 5.24. The molecule has 1 saturated heterocycles. The molecule has 0 radical (unpaired) electrons. The highest BCUT2D eigenvalue weighted by Gasteiger charge is 2.37. The Kier molecular flexibility index (Phi) is 6.79. The van der Waals surface area contributed by atoms with Gasteiger partial charge in [-0.25, -0.2) is 14.5 Å². The van der Waals surface area contributed by atoms with Crippen LogP contribution in [0.2, 0.25) is 0 Å². The van der Waals surface area contributed by atoms with Crippen molar-refractivity contribution in [1.82, 2.24) is 5.32 Å². The number of benzene rings is 3. The lowest BCUT2D eigenvalue weighted by Gasteiger charge is -2.27. The molecule has 3 aromatic carbocycles. The summed E-state index contributed by atoms with van der Waals surface area (Å²) in [5.41, 5.74) is 1.63. The second-order valence-electron chi connectivity index (χ2n) is 7.55. The molecule has 9 heteroatoms. The van der Waals surface area contributed by atoms with Crippen LogP contribution in [0.5, 0.6) is 11.5 Å². The molecular weight excluding hydrogens is 516 g/mol. The molecule has 1 N–H and O–H groups in total. The number of esters is 1. The van der Waals surface area contributed by atoms with Crippen LogP contribution in [0, 0.1) is 6.92 Å². The molecule has 8 nitrogen and oxygen atoms in total. The summed E-state index contributed by atoms with van der Waals surface area (Å²) in [6, 6.07) is 17.3. The maximum atomic E-state index is 13.1. The van der Waals surface area contributed by atoms with Gasteiger partial charge in [0.1, 0.15) is 5.57 Å².